The first kappa shape index (κ1) is 7.80. The normalized spacial score (nSPS) is 20.4. The van der Waals surface area contributed by atoms with Gasteiger partial charge in [-0.1, -0.05) is 6.42 Å². The van der Waals surface area contributed by atoms with Crippen LogP contribution in [0.15, 0.2) is 12.4 Å². The molecule has 1 heterocycles. The number of imidazole rings is 1. The highest BCUT2D eigenvalue weighted by Crippen LogP contribution is 2.36. The van der Waals surface area contributed by atoms with Gasteiger partial charge in [0, 0.05) is 12.4 Å². The third kappa shape index (κ3) is 1.25. The van der Waals surface area contributed by atoms with E-state index in [0.29, 0.717) is 6.04 Å². The standard InChI is InChI=1S/C9H15N3/c1-10-8(7-3-2-4-7)9-11-5-6-12-9/h5-8,10H,2-4H2,1H3,(H,11,12). The first-order valence-corrected chi connectivity index (χ1v) is 4.58. The van der Waals surface area contributed by atoms with Crippen LogP contribution in [0, 0.1) is 5.92 Å². The molecule has 1 aliphatic rings. The van der Waals surface area contributed by atoms with Crippen molar-refractivity contribution >= 4 is 0 Å². The van der Waals surface area contributed by atoms with Crippen molar-refractivity contribution in [2.45, 2.75) is 25.3 Å². The fourth-order valence-corrected chi connectivity index (χ4v) is 1.82. The maximum Gasteiger partial charge on any atom is 0.123 e. The highest BCUT2D eigenvalue weighted by Gasteiger charge is 2.28. The van der Waals surface area contributed by atoms with Gasteiger partial charge in [-0.3, -0.25) is 0 Å². The van der Waals surface area contributed by atoms with E-state index in [2.05, 4.69) is 15.3 Å². The van der Waals surface area contributed by atoms with E-state index in [4.69, 9.17) is 0 Å². The van der Waals surface area contributed by atoms with Crippen LogP contribution >= 0.6 is 0 Å². The average molecular weight is 165 g/mol. The predicted octanol–water partition coefficient (Wildman–Crippen LogP) is 1.47. The highest BCUT2D eigenvalue weighted by atomic mass is 15.0. The van der Waals surface area contributed by atoms with E-state index in [1.807, 2.05) is 19.4 Å². The average Bonchev–Trinajstić information content (AvgIpc) is 2.47. The zero-order valence-corrected chi connectivity index (χ0v) is 7.38. The van der Waals surface area contributed by atoms with Crippen molar-refractivity contribution in [3.05, 3.63) is 18.2 Å². The Bertz CT molecular complexity index is 226. The molecule has 1 atom stereocenters. The molecule has 12 heavy (non-hydrogen) atoms. The summed E-state index contributed by atoms with van der Waals surface area (Å²) in [4.78, 5) is 7.44. The van der Waals surface area contributed by atoms with Crippen LogP contribution in [0.25, 0.3) is 0 Å². The zero-order valence-electron chi connectivity index (χ0n) is 7.38. The summed E-state index contributed by atoms with van der Waals surface area (Å²) < 4.78 is 0. The van der Waals surface area contributed by atoms with Crippen molar-refractivity contribution in [2.24, 2.45) is 5.92 Å². The van der Waals surface area contributed by atoms with E-state index in [1.54, 1.807) is 0 Å². The van der Waals surface area contributed by atoms with E-state index in [1.165, 1.54) is 19.3 Å². The number of nitrogens with one attached hydrogen (secondary N) is 2. The second-order valence-electron chi connectivity index (χ2n) is 3.43. The highest BCUT2D eigenvalue weighted by molar-refractivity contribution is 4.99. The Morgan fingerprint density at radius 1 is 1.67 bits per heavy atom. The number of nitrogens with zero attached hydrogens (tertiary/aromatic N) is 1. The molecule has 1 fully saturated rings. The van der Waals surface area contributed by atoms with Crippen molar-refractivity contribution in [3.8, 4) is 0 Å². The summed E-state index contributed by atoms with van der Waals surface area (Å²) in [5.41, 5.74) is 0. The van der Waals surface area contributed by atoms with E-state index in [-0.39, 0.29) is 0 Å². The number of rotatable bonds is 3. The molecular formula is C9H15N3. The molecule has 3 heteroatoms. The Hall–Kier alpha value is -0.830. The maximum atomic E-state index is 4.27. The molecule has 2 rings (SSSR count). The number of H-pyrrole nitrogens is 1. The lowest BCUT2D eigenvalue weighted by atomic mass is 9.79. The van der Waals surface area contributed by atoms with Crippen LogP contribution < -0.4 is 5.32 Å². The first-order valence-electron chi connectivity index (χ1n) is 4.58. The fraction of sp³-hybridized carbons (Fsp3) is 0.667. The Morgan fingerprint density at radius 2 is 2.50 bits per heavy atom. The maximum absolute atomic E-state index is 4.27. The summed E-state index contributed by atoms with van der Waals surface area (Å²) in [6.45, 7) is 0. The molecule has 0 amide bonds. The van der Waals surface area contributed by atoms with E-state index < -0.39 is 0 Å². The van der Waals surface area contributed by atoms with Crippen LogP contribution in [-0.4, -0.2) is 17.0 Å². The van der Waals surface area contributed by atoms with Crippen molar-refractivity contribution < 1.29 is 0 Å². The van der Waals surface area contributed by atoms with Crippen LogP contribution in [0.5, 0.6) is 0 Å². The Labute approximate surface area is 72.6 Å². The lowest BCUT2D eigenvalue weighted by molar-refractivity contribution is 0.233. The van der Waals surface area contributed by atoms with Gasteiger partial charge in [-0.2, -0.15) is 0 Å². The summed E-state index contributed by atoms with van der Waals surface area (Å²) in [5, 5.41) is 3.31. The van der Waals surface area contributed by atoms with Gasteiger partial charge in [0.25, 0.3) is 0 Å². The van der Waals surface area contributed by atoms with E-state index >= 15 is 0 Å². The minimum absolute atomic E-state index is 0.439. The Balaban J connectivity index is 2.07. The number of hydrogen-bond acceptors (Lipinski definition) is 2. The lowest BCUT2D eigenvalue weighted by Gasteiger charge is -2.32. The van der Waals surface area contributed by atoms with Crippen LogP contribution in [0.3, 0.4) is 0 Å². The number of aromatic amines is 1. The van der Waals surface area contributed by atoms with Crippen LogP contribution in [-0.2, 0) is 0 Å². The number of hydrogen-bond donors (Lipinski definition) is 2. The summed E-state index contributed by atoms with van der Waals surface area (Å²) in [6.07, 6.45) is 7.76. The molecule has 1 aromatic rings. The predicted molar refractivity (Wildman–Crippen MR) is 47.7 cm³/mol. The molecule has 1 unspecified atom stereocenters. The van der Waals surface area contributed by atoms with E-state index in [0.717, 1.165) is 11.7 Å². The summed E-state index contributed by atoms with van der Waals surface area (Å²) in [5.74, 6) is 1.88. The summed E-state index contributed by atoms with van der Waals surface area (Å²) >= 11 is 0. The third-order valence-corrected chi connectivity index (χ3v) is 2.75. The number of aromatic nitrogens is 2. The van der Waals surface area contributed by atoms with Crippen molar-refractivity contribution in [1.82, 2.24) is 15.3 Å². The monoisotopic (exact) mass is 165 g/mol. The topological polar surface area (TPSA) is 40.7 Å². The second kappa shape index (κ2) is 3.27. The Kier molecular flexibility index (Phi) is 2.13. The molecule has 0 bridgehead atoms. The minimum Gasteiger partial charge on any atom is -0.347 e. The van der Waals surface area contributed by atoms with Gasteiger partial charge in [0.1, 0.15) is 5.82 Å². The SMILES string of the molecule is CNC(c1ncc[nH]1)C1CCC1. The molecule has 0 saturated heterocycles. The van der Waals surface area contributed by atoms with Crippen LogP contribution in [0.1, 0.15) is 31.1 Å². The van der Waals surface area contributed by atoms with Gasteiger partial charge in [-0.15, -0.1) is 0 Å². The summed E-state index contributed by atoms with van der Waals surface area (Å²) in [6, 6.07) is 0.439. The van der Waals surface area contributed by atoms with Gasteiger partial charge in [0.2, 0.25) is 0 Å². The van der Waals surface area contributed by atoms with Crippen LogP contribution in [0.2, 0.25) is 0 Å². The molecule has 1 saturated carbocycles. The molecule has 0 aliphatic heterocycles. The lowest BCUT2D eigenvalue weighted by Crippen LogP contribution is -2.30. The van der Waals surface area contributed by atoms with Gasteiger partial charge < -0.3 is 10.3 Å². The Morgan fingerprint density at radius 3 is 2.92 bits per heavy atom. The van der Waals surface area contributed by atoms with Gasteiger partial charge in [-0.05, 0) is 25.8 Å². The molecular weight excluding hydrogens is 150 g/mol. The molecule has 66 valence electrons. The van der Waals surface area contributed by atoms with E-state index in [9.17, 15) is 0 Å². The van der Waals surface area contributed by atoms with Crippen molar-refractivity contribution in [3.63, 3.8) is 0 Å². The molecule has 0 spiro atoms. The third-order valence-electron chi connectivity index (χ3n) is 2.75. The molecule has 0 aromatic carbocycles. The van der Waals surface area contributed by atoms with Gasteiger partial charge in [-0.25, -0.2) is 4.98 Å². The smallest absolute Gasteiger partial charge is 0.123 e. The molecule has 1 aliphatic carbocycles. The zero-order chi connectivity index (χ0) is 8.39. The van der Waals surface area contributed by atoms with Gasteiger partial charge in [0.05, 0.1) is 6.04 Å². The van der Waals surface area contributed by atoms with Gasteiger partial charge >= 0.3 is 0 Å². The van der Waals surface area contributed by atoms with Crippen molar-refractivity contribution in [2.75, 3.05) is 7.05 Å². The van der Waals surface area contributed by atoms with Gasteiger partial charge in [0.15, 0.2) is 0 Å². The summed E-state index contributed by atoms with van der Waals surface area (Å²) in [7, 11) is 2.01. The van der Waals surface area contributed by atoms with Crippen LogP contribution in [0.4, 0.5) is 0 Å². The fourth-order valence-electron chi connectivity index (χ4n) is 1.82. The molecule has 3 nitrogen and oxygen atoms in total. The quantitative estimate of drug-likeness (QED) is 0.712. The second-order valence-corrected chi connectivity index (χ2v) is 3.43. The minimum atomic E-state index is 0.439. The first-order chi connectivity index (χ1) is 5.92. The molecule has 2 N–H and O–H groups in total. The van der Waals surface area contributed by atoms with Crippen molar-refractivity contribution in [1.29, 1.82) is 0 Å². The molecule has 1 aromatic heterocycles. The molecule has 0 radical (unpaired) electrons. The largest absolute Gasteiger partial charge is 0.347 e.